The van der Waals surface area contributed by atoms with E-state index in [2.05, 4.69) is 19.1 Å². The standard InChI is InChI=1S/C19H21F3O/c1-14-10-16(12-18(11-14)19(20,21)22)13-23-9-8-15(2)17-6-4-3-5-7-17/h3-7,10-12,15H,8-9,13H2,1-2H3. The molecule has 0 bridgehead atoms. The van der Waals surface area contributed by atoms with Crippen LogP contribution >= 0.6 is 0 Å². The van der Waals surface area contributed by atoms with Crippen molar-refractivity contribution in [2.75, 3.05) is 6.61 Å². The van der Waals surface area contributed by atoms with Gasteiger partial charge in [0.25, 0.3) is 0 Å². The quantitative estimate of drug-likeness (QED) is 0.618. The number of hydrogen-bond donors (Lipinski definition) is 0. The van der Waals surface area contributed by atoms with Crippen molar-refractivity contribution in [2.24, 2.45) is 0 Å². The molecule has 0 saturated carbocycles. The Morgan fingerprint density at radius 3 is 2.39 bits per heavy atom. The summed E-state index contributed by atoms with van der Waals surface area (Å²) < 4.78 is 43.9. The molecule has 0 radical (unpaired) electrons. The van der Waals surface area contributed by atoms with Crippen molar-refractivity contribution in [3.05, 3.63) is 70.8 Å². The summed E-state index contributed by atoms with van der Waals surface area (Å²) in [6.07, 6.45) is -3.48. The van der Waals surface area contributed by atoms with Gasteiger partial charge in [0.2, 0.25) is 0 Å². The van der Waals surface area contributed by atoms with E-state index in [0.717, 1.165) is 18.6 Å². The van der Waals surface area contributed by atoms with Crippen LogP contribution in [0.2, 0.25) is 0 Å². The second-order valence-corrected chi connectivity index (χ2v) is 5.86. The number of halogens is 3. The van der Waals surface area contributed by atoms with E-state index in [1.165, 1.54) is 5.56 Å². The first-order valence-electron chi connectivity index (χ1n) is 7.66. The van der Waals surface area contributed by atoms with Gasteiger partial charge in [0, 0.05) is 6.61 Å². The minimum Gasteiger partial charge on any atom is -0.377 e. The average Bonchev–Trinajstić information content (AvgIpc) is 2.51. The fourth-order valence-corrected chi connectivity index (χ4v) is 2.51. The Bertz CT molecular complexity index is 620. The maximum absolute atomic E-state index is 12.8. The zero-order valence-corrected chi connectivity index (χ0v) is 13.4. The number of hydrogen-bond acceptors (Lipinski definition) is 1. The second kappa shape index (κ2) is 7.64. The Balaban J connectivity index is 1.86. The third-order valence-corrected chi connectivity index (χ3v) is 3.80. The fourth-order valence-electron chi connectivity index (χ4n) is 2.51. The van der Waals surface area contributed by atoms with Crippen LogP contribution in [-0.2, 0) is 17.5 Å². The number of alkyl halides is 3. The maximum atomic E-state index is 12.8. The molecule has 0 fully saturated rings. The van der Waals surface area contributed by atoms with Gasteiger partial charge in [-0.1, -0.05) is 48.9 Å². The molecule has 0 aliphatic heterocycles. The molecule has 0 saturated heterocycles. The smallest absolute Gasteiger partial charge is 0.377 e. The van der Waals surface area contributed by atoms with Gasteiger partial charge < -0.3 is 4.74 Å². The largest absolute Gasteiger partial charge is 0.416 e. The van der Waals surface area contributed by atoms with Crippen LogP contribution in [0.5, 0.6) is 0 Å². The fraction of sp³-hybridized carbons (Fsp3) is 0.368. The SMILES string of the molecule is Cc1cc(COCCC(C)c2ccccc2)cc(C(F)(F)F)c1. The van der Waals surface area contributed by atoms with Gasteiger partial charge in [-0.15, -0.1) is 0 Å². The molecule has 1 atom stereocenters. The first-order chi connectivity index (χ1) is 10.9. The van der Waals surface area contributed by atoms with E-state index >= 15 is 0 Å². The summed E-state index contributed by atoms with van der Waals surface area (Å²) in [6, 6.07) is 14.2. The Labute approximate surface area is 135 Å². The van der Waals surface area contributed by atoms with Gasteiger partial charge in [-0.3, -0.25) is 0 Å². The summed E-state index contributed by atoms with van der Waals surface area (Å²) in [5.41, 5.74) is 1.78. The molecular weight excluding hydrogens is 301 g/mol. The Morgan fingerprint density at radius 2 is 1.74 bits per heavy atom. The third kappa shape index (κ3) is 5.39. The first-order valence-corrected chi connectivity index (χ1v) is 7.66. The normalized spacial score (nSPS) is 13.1. The molecule has 0 amide bonds. The molecule has 0 heterocycles. The summed E-state index contributed by atoms with van der Waals surface area (Å²) in [4.78, 5) is 0. The summed E-state index contributed by atoms with van der Waals surface area (Å²) in [6.45, 7) is 4.50. The van der Waals surface area contributed by atoms with E-state index in [1.807, 2.05) is 18.2 Å². The van der Waals surface area contributed by atoms with Crippen molar-refractivity contribution in [3.8, 4) is 0 Å². The van der Waals surface area contributed by atoms with Crippen LogP contribution in [0.15, 0.2) is 48.5 Å². The summed E-state index contributed by atoms with van der Waals surface area (Å²) in [7, 11) is 0. The zero-order chi connectivity index (χ0) is 16.9. The van der Waals surface area contributed by atoms with E-state index in [0.29, 0.717) is 23.7 Å². The molecule has 1 nitrogen and oxygen atoms in total. The Morgan fingerprint density at radius 1 is 1.04 bits per heavy atom. The predicted octanol–water partition coefficient (Wildman–Crippen LogP) is 5.72. The molecule has 2 aromatic carbocycles. The minimum atomic E-state index is -4.32. The Kier molecular flexibility index (Phi) is 5.83. The van der Waals surface area contributed by atoms with Crippen LogP contribution in [0.4, 0.5) is 13.2 Å². The van der Waals surface area contributed by atoms with E-state index < -0.39 is 11.7 Å². The zero-order valence-electron chi connectivity index (χ0n) is 13.4. The first kappa shape index (κ1) is 17.5. The molecule has 1 unspecified atom stereocenters. The molecule has 4 heteroatoms. The third-order valence-electron chi connectivity index (χ3n) is 3.80. The van der Waals surface area contributed by atoms with Crippen molar-refractivity contribution in [1.82, 2.24) is 0 Å². The van der Waals surface area contributed by atoms with Gasteiger partial charge in [0.15, 0.2) is 0 Å². The molecule has 2 rings (SSSR count). The summed E-state index contributed by atoms with van der Waals surface area (Å²) >= 11 is 0. The molecule has 124 valence electrons. The lowest BCUT2D eigenvalue weighted by Gasteiger charge is -2.13. The molecule has 0 spiro atoms. The van der Waals surface area contributed by atoms with Gasteiger partial charge in [-0.05, 0) is 42.5 Å². The molecule has 0 N–H and O–H groups in total. The van der Waals surface area contributed by atoms with E-state index in [9.17, 15) is 13.2 Å². The summed E-state index contributed by atoms with van der Waals surface area (Å²) in [5.74, 6) is 0.361. The molecular formula is C19H21F3O. The number of rotatable bonds is 6. The van der Waals surface area contributed by atoms with E-state index in [-0.39, 0.29) is 6.61 Å². The van der Waals surface area contributed by atoms with E-state index in [1.54, 1.807) is 13.0 Å². The lowest BCUT2D eigenvalue weighted by atomic mass is 9.98. The van der Waals surface area contributed by atoms with Crippen LogP contribution in [-0.4, -0.2) is 6.61 Å². The van der Waals surface area contributed by atoms with Gasteiger partial charge in [0.1, 0.15) is 0 Å². The van der Waals surface area contributed by atoms with Crippen molar-refractivity contribution < 1.29 is 17.9 Å². The van der Waals surface area contributed by atoms with Crippen LogP contribution in [0.25, 0.3) is 0 Å². The predicted molar refractivity (Wildman–Crippen MR) is 85.3 cm³/mol. The highest BCUT2D eigenvalue weighted by Gasteiger charge is 2.30. The van der Waals surface area contributed by atoms with Gasteiger partial charge in [-0.25, -0.2) is 0 Å². The average molecular weight is 322 g/mol. The van der Waals surface area contributed by atoms with Crippen LogP contribution in [0, 0.1) is 6.92 Å². The topological polar surface area (TPSA) is 9.23 Å². The highest BCUT2D eigenvalue weighted by atomic mass is 19.4. The van der Waals surface area contributed by atoms with Crippen LogP contribution < -0.4 is 0 Å². The van der Waals surface area contributed by atoms with Crippen molar-refractivity contribution in [2.45, 2.75) is 39.0 Å². The van der Waals surface area contributed by atoms with Crippen LogP contribution in [0.1, 0.15) is 41.5 Å². The highest BCUT2D eigenvalue weighted by Crippen LogP contribution is 2.30. The van der Waals surface area contributed by atoms with Crippen molar-refractivity contribution in [3.63, 3.8) is 0 Å². The molecule has 23 heavy (non-hydrogen) atoms. The molecule has 2 aromatic rings. The lowest BCUT2D eigenvalue weighted by molar-refractivity contribution is -0.137. The van der Waals surface area contributed by atoms with Crippen LogP contribution in [0.3, 0.4) is 0 Å². The van der Waals surface area contributed by atoms with Gasteiger partial charge in [0.05, 0.1) is 12.2 Å². The summed E-state index contributed by atoms with van der Waals surface area (Å²) in [5, 5.41) is 0. The van der Waals surface area contributed by atoms with E-state index in [4.69, 9.17) is 4.74 Å². The van der Waals surface area contributed by atoms with Gasteiger partial charge >= 0.3 is 6.18 Å². The minimum absolute atomic E-state index is 0.201. The molecule has 0 aliphatic rings. The maximum Gasteiger partial charge on any atom is 0.416 e. The number of aryl methyl sites for hydroxylation is 1. The van der Waals surface area contributed by atoms with Crippen molar-refractivity contribution >= 4 is 0 Å². The number of ether oxygens (including phenoxy) is 1. The second-order valence-electron chi connectivity index (χ2n) is 5.86. The number of benzene rings is 2. The monoisotopic (exact) mass is 322 g/mol. The van der Waals surface area contributed by atoms with Crippen molar-refractivity contribution in [1.29, 1.82) is 0 Å². The Hall–Kier alpha value is -1.81. The lowest BCUT2D eigenvalue weighted by Crippen LogP contribution is -2.07. The highest BCUT2D eigenvalue weighted by molar-refractivity contribution is 5.30. The molecule has 0 aliphatic carbocycles. The van der Waals surface area contributed by atoms with Gasteiger partial charge in [-0.2, -0.15) is 13.2 Å². The molecule has 0 aromatic heterocycles.